The van der Waals surface area contributed by atoms with Gasteiger partial charge >= 0.3 is 11.9 Å². The Morgan fingerprint density at radius 3 is 2.36 bits per heavy atom. The molecule has 0 bridgehead atoms. The van der Waals surface area contributed by atoms with Crippen LogP contribution in [-0.2, 0) is 30.4 Å². The van der Waals surface area contributed by atoms with Gasteiger partial charge in [0.1, 0.15) is 18.1 Å². The molecule has 1 saturated heterocycles. The maximum absolute atomic E-state index is 13.2. The summed E-state index contributed by atoms with van der Waals surface area (Å²) < 4.78 is 0. The van der Waals surface area contributed by atoms with Crippen LogP contribution in [-0.4, -0.2) is 75.5 Å². The lowest BCUT2D eigenvalue weighted by Crippen LogP contribution is -2.58. The molecule has 1 aliphatic heterocycles. The molecule has 5 atom stereocenters. The van der Waals surface area contributed by atoms with Crippen LogP contribution >= 0.6 is 0 Å². The zero-order chi connectivity index (χ0) is 26.8. The first-order valence-electron chi connectivity index (χ1n) is 12.2. The molecule has 1 aliphatic rings. The van der Waals surface area contributed by atoms with E-state index in [0.29, 0.717) is 32.2 Å². The smallest absolute Gasteiger partial charge is 0.326 e. The first kappa shape index (κ1) is 28.8. The molecular formula is C25H36N4O7. The van der Waals surface area contributed by atoms with Gasteiger partial charge in [0.25, 0.3) is 0 Å². The van der Waals surface area contributed by atoms with Gasteiger partial charge < -0.3 is 31.5 Å². The average Bonchev–Trinajstić information content (AvgIpc) is 3.34. The normalized spacial score (nSPS) is 18.5. The van der Waals surface area contributed by atoms with Crippen molar-refractivity contribution in [3.8, 4) is 0 Å². The predicted molar refractivity (Wildman–Crippen MR) is 131 cm³/mol. The number of hydrogen-bond acceptors (Lipinski definition) is 6. The molecule has 5 unspecified atom stereocenters. The van der Waals surface area contributed by atoms with Gasteiger partial charge in [-0.3, -0.25) is 19.2 Å². The van der Waals surface area contributed by atoms with Crippen molar-refractivity contribution < 1.29 is 34.2 Å². The summed E-state index contributed by atoms with van der Waals surface area (Å²) in [5, 5.41) is 23.3. The minimum Gasteiger partial charge on any atom is -0.481 e. The van der Waals surface area contributed by atoms with Gasteiger partial charge in [-0.05, 0) is 37.2 Å². The van der Waals surface area contributed by atoms with Crippen molar-refractivity contribution in [2.24, 2.45) is 11.7 Å². The molecule has 11 nitrogen and oxygen atoms in total. The van der Waals surface area contributed by atoms with E-state index in [1.54, 1.807) is 6.92 Å². The van der Waals surface area contributed by atoms with Gasteiger partial charge in [0.2, 0.25) is 17.7 Å². The van der Waals surface area contributed by atoms with E-state index in [1.165, 1.54) is 4.90 Å². The highest BCUT2D eigenvalue weighted by Crippen LogP contribution is 2.20. The minimum atomic E-state index is -1.41. The molecule has 2 rings (SSSR count). The highest BCUT2D eigenvalue weighted by atomic mass is 16.4. The third kappa shape index (κ3) is 8.04. The fourth-order valence-corrected chi connectivity index (χ4v) is 4.21. The van der Waals surface area contributed by atoms with Crippen molar-refractivity contribution in [3.05, 3.63) is 35.9 Å². The van der Waals surface area contributed by atoms with Gasteiger partial charge in [0.05, 0.1) is 6.04 Å². The van der Waals surface area contributed by atoms with Crippen molar-refractivity contribution in [3.63, 3.8) is 0 Å². The van der Waals surface area contributed by atoms with Gasteiger partial charge in [-0.25, -0.2) is 4.79 Å². The van der Waals surface area contributed by atoms with Crippen molar-refractivity contribution in [1.82, 2.24) is 15.5 Å². The Morgan fingerprint density at radius 1 is 1.11 bits per heavy atom. The van der Waals surface area contributed by atoms with E-state index < -0.39 is 54.3 Å². The number of amides is 3. The summed E-state index contributed by atoms with van der Waals surface area (Å²) in [5.41, 5.74) is 7.06. The number of benzene rings is 1. The summed E-state index contributed by atoms with van der Waals surface area (Å²) in [6.45, 7) is 3.94. The lowest BCUT2D eigenvalue weighted by Gasteiger charge is -2.30. The number of aliphatic carboxylic acids is 2. The zero-order valence-electron chi connectivity index (χ0n) is 20.7. The molecule has 198 valence electrons. The molecule has 6 N–H and O–H groups in total. The maximum Gasteiger partial charge on any atom is 0.326 e. The zero-order valence-corrected chi connectivity index (χ0v) is 20.7. The first-order valence-corrected chi connectivity index (χ1v) is 12.2. The number of carboxylic acids is 2. The van der Waals surface area contributed by atoms with E-state index in [4.69, 9.17) is 10.8 Å². The summed E-state index contributed by atoms with van der Waals surface area (Å²) in [6.07, 6.45) is 1.15. The number of nitrogens with two attached hydrogens (primary N) is 1. The molecule has 1 aromatic carbocycles. The van der Waals surface area contributed by atoms with Crippen LogP contribution in [0.5, 0.6) is 0 Å². The van der Waals surface area contributed by atoms with Crippen molar-refractivity contribution >= 4 is 29.7 Å². The van der Waals surface area contributed by atoms with Gasteiger partial charge in [-0.1, -0.05) is 50.6 Å². The standard InChI is InChI=1S/C25H36N4O7/c1-3-15(2)21(23(33)27-18(25(35)36)11-12-20(30)31)28-22(32)19-10-7-13-29(19)24(34)17(26)14-16-8-5-4-6-9-16/h4-6,8-9,15,17-19,21H,3,7,10-14,26H2,1-2H3,(H,27,33)(H,28,32)(H,30,31)(H,35,36). The van der Waals surface area contributed by atoms with Gasteiger partial charge in [-0.15, -0.1) is 0 Å². The Balaban J connectivity index is 2.09. The largest absolute Gasteiger partial charge is 0.481 e. The Morgan fingerprint density at radius 2 is 1.78 bits per heavy atom. The van der Waals surface area contributed by atoms with Crippen LogP contribution in [0.3, 0.4) is 0 Å². The molecule has 0 aromatic heterocycles. The summed E-state index contributed by atoms with van der Waals surface area (Å²) in [5.74, 6) is -4.45. The number of likely N-dealkylation sites (tertiary alicyclic amines) is 1. The molecule has 3 amide bonds. The third-order valence-corrected chi connectivity index (χ3v) is 6.51. The van der Waals surface area contributed by atoms with Crippen LogP contribution in [0.25, 0.3) is 0 Å². The Labute approximate surface area is 210 Å². The molecule has 1 aromatic rings. The first-order chi connectivity index (χ1) is 17.0. The van der Waals surface area contributed by atoms with E-state index in [1.807, 2.05) is 37.3 Å². The second kappa shape index (κ2) is 13.6. The third-order valence-electron chi connectivity index (χ3n) is 6.51. The molecule has 11 heteroatoms. The van der Waals surface area contributed by atoms with E-state index >= 15 is 0 Å². The Kier molecular flexibility index (Phi) is 10.8. The molecule has 0 aliphatic carbocycles. The minimum absolute atomic E-state index is 0.290. The number of rotatable bonds is 13. The second-order valence-electron chi connectivity index (χ2n) is 9.19. The molecule has 36 heavy (non-hydrogen) atoms. The van der Waals surface area contributed by atoms with Crippen LogP contribution in [0.1, 0.15) is 51.5 Å². The van der Waals surface area contributed by atoms with Crippen LogP contribution in [0.15, 0.2) is 30.3 Å². The summed E-state index contributed by atoms with van der Waals surface area (Å²) in [6, 6.07) is 5.26. The van der Waals surface area contributed by atoms with E-state index in [9.17, 15) is 29.1 Å². The van der Waals surface area contributed by atoms with E-state index in [0.717, 1.165) is 5.56 Å². The van der Waals surface area contributed by atoms with Crippen LogP contribution in [0.2, 0.25) is 0 Å². The number of carbonyl (C=O) groups excluding carboxylic acids is 3. The SMILES string of the molecule is CCC(C)C(NC(=O)C1CCCN1C(=O)C(N)Cc1ccccc1)C(=O)NC(CCC(=O)O)C(=O)O. The van der Waals surface area contributed by atoms with Crippen molar-refractivity contribution in [2.45, 2.75) is 76.5 Å². The number of carbonyl (C=O) groups is 5. The van der Waals surface area contributed by atoms with Gasteiger partial charge in [0, 0.05) is 13.0 Å². The topological polar surface area (TPSA) is 179 Å². The highest BCUT2D eigenvalue weighted by Gasteiger charge is 2.38. The molecule has 0 radical (unpaired) electrons. The highest BCUT2D eigenvalue weighted by molar-refractivity contribution is 5.94. The molecule has 0 spiro atoms. The summed E-state index contributed by atoms with van der Waals surface area (Å²) >= 11 is 0. The van der Waals surface area contributed by atoms with E-state index in [-0.39, 0.29) is 18.2 Å². The van der Waals surface area contributed by atoms with Gasteiger partial charge in [-0.2, -0.15) is 0 Å². The van der Waals surface area contributed by atoms with Crippen molar-refractivity contribution in [1.29, 1.82) is 0 Å². The number of carboxylic acid groups (broad SMARTS) is 2. The number of nitrogens with zero attached hydrogens (tertiary/aromatic N) is 1. The Hall–Kier alpha value is -3.47. The number of nitrogens with one attached hydrogen (secondary N) is 2. The van der Waals surface area contributed by atoms with Gasteiger partial charge in [0.15, 0.2) is 0 Å². The molecule has 1 fully saturated rings. The molecule has 0 saturated carbocycles. The lowest BCUT2D eigenvalue weighted by atomic mass is 9.97. The monoisotopic (exact) mass is 504 g/mol. The van der Waals surface area contributed by atoms with E-state index in [2.05, 4.69) is 10.6 Å². The molecular weight excluding hydrogens is 468 g/mol. The summed E-state index contributed by atoms with van der Waals surface area (Å²) in [7, 11) is 0. The Bertz CT molecular complexity index is 940. The van der Waals surface area contributed by atoms with Crippen LogP contribution in [0.4, 0.5) is 0 Å². The van der Waals surface area contributed by atoms with Crippen LogP contribution in [0, 0.1) is 5.92 Å². The van der Waals surface area contributed by atoms with Crippen LogP contribution < -0.4 is 16.4 Å². The maximum atomic E-state index is 13.2. The number of hydrogen-bond donors (Lipinski definition) is 5. The fourth-order valence-electron chi connectivity index (χ4n) is 4.21. The predicted octanol–water partition coefficient (Wildman–Crippen LogP) is 0.513. The second-order valence-corrected chi connectivity index (χ2v) is 9.19. The quantitative estimate of drug-likeness (QED) is 0.258. The lowest BCUT2D eigenvalue weighted by molar-refractivity contribution is -0.144. The average molecular weight is 505 g/mol. The fraction of sp³-hybridized carbons (Fsp3) is 0.560. The molecule has 1 heterocycles. The summed E-state index contributed by atoms with van der Waals surface area (Å²) in [4.78, 5) is 63.0. The van der Waals surface area contributed by atoms with Crippen molar-refractivity contribution in [2.75, 3.05) is 6.54 Å².